The number of hydrogen-bond acceptors (Lipinski definition) is 7. The lowest BCUT2D eigenvalue weighted by atomic mass is 9.53. The minimum absolute atomic E-state index is 0.00643. The Hall–Kier alpha value is -2.96. The predicted octanol–water partition coefficient (Wildman–Crippen LogP) is 4.47. The van der Waals surface area contributed by atoms with Crippen molar-refractivity contribution in [2.24, 2.45) is 23.2 Å². The molecule has 6 atom stereocenters. The number of anilines is 1. The third kappa shape index (κ3) is 5.23. The van der Waals surface area contributed by atoms with E-state index in [0.29, 0.717) is 29.4 Å². The first kappa shape index (κ1) is 27.1. The fourth-order valence-electron chi connectivity index (χ4n) is 6.37. The standard InChI is InChI=1S/C28H36N4O4S/c1-16(26(35)32(4)14-6-13-29)20-11-12-28(3)15-21-23(17(2)22(28)24(20)33)30-27(37-21)31-25(34)18-7-9-19(36-5)10-8-18/h7-10,16-17,20,22,24,33H,6,11-12,14-15H2,1-5H3,(H,30,31,34)/t16-,17-,20?,22+,24-,28-/m0/s1. The maximum Gasteiger partial charge on any atom is 0.257 e. The van der Waals surface area contributed by atoms with Crippen molar-refractivity contribution in [2.45, 2.75) is 58.5 Å². The number of carbonyl (C=O) groups excluding carboxylic acids is 2. The monoisotopic (exact) mass is 524 g/mol. The minimum Gasteiger partial charge on any atom is -0.497 e. The van der Waals surface area contributed by atoms with Crippen LogP contribution in [0.1, 0.15) is 66.9 Å². The molecule has 4 rings (SSSR count). The molecule has 1 fully saturated rings. The van der Waals surface area contributed by atoms with Gasteiger partial charge in [0.2, 0.25) is 5.91 Å². The average Bonchev–Trinajstić information content (AvgIpc) is 3.28. The van der Waals surface area contributed by atoms with Crippen LogP contribution in [0.25, 0.3) is 0 Å². The zero-order valence-electron chi connectivity index (χ0n) is 22.2. The summed E-state index contributed by atoms with van der Waals surface area (Å²) < 4.78 is 5.17. The normalized spacial score (nSPS) is 27.3. The molecule has 2 aromatic rings. The Labute approximate surface area is 222 Å². The van der Waals surface area contributed by atoms with E-state index in [-0.39, 0.29) is 40.9 Å². The van der Waals surface area contributed by atoms with Crippen LogP contribution in [0.2, 0.25) is 0 Å². The zero-order chi connectivity index (χ0) is 26.9. The minimum atomic E-state index is -0.635. The molecule has 2 aliphatic carbocycles. The number of aliphatic hydroxyl groups excluding tert-OH is 1. The molecule has 2 aliphatic rings. The quantitative estimate of drug-likeness (QED) is 0.552. The summed E-state index contributed by atoms with van der Waals surface area (Å²) in [6, 6.07) is 9.02. The number of rotatable bonds is 7. The van der Waals surface area contributed by atoms with Crippen molar-refractivity contribution in [1.29, 1.82) is 5.26 Å². The molecule has 1 aromatic heterocycles. The maximum atomic E-state index is 13.0. The first-order chi connectivity index (χ1) is 17.6. The van der Waals surface area contributed by atoms with E-state index < -0.39 is 6.10 Å². The number of aliphatic hydroxyl groups is 1. The van der Waals surface area contributed by atoms with E-state index in [0.717, 1.165) is 29.8 Å². The summed E-state index contributed by atoms with van der Waals surface area (Å²) in [6.45, 7) is 6.63. The van der Waals surface area contributed by atoms with E-state index >= 15 is 0 Å². The predicted molar refractivity (Wildman–Crippen MR) is 143 cm³/mol. The van der Waals surface area contributed by atoms with Crippen molar-refractivity contribution in [2.75, 3.05) is 26.0 Å². The number of methoxy groups -OCH3 is 1. The second-order valence-electron chi connectivity index (χ2n) is 10.8. The fourth-order valence-corrected chi connectivity index (χ4v) is 7.63. The molecule has 0 spiro atoms. The SMILES string of the molecule is COc1ccc(C(=O)Nc2nc3c(s2)C[C@]2(C)CCC([C@H](C)C(=O)N(C)CCC#N)[C@H](O)[C@H]2[C@@H]3C)cc1. The van der Waals surface area contributed by atoms with Gasteiger partial charge in [0.05, 0.1) is 31.4 Å². The highest BCUT2D eigenvalue weighted by molar-refractivity contribution is 7.15. The van der Waals surface area contributed by atoms with Gasteiger partial charge in [-0.15, -0.1) is 11.3 Å². The van der Waals surface area contributed by atoms with Gasteiger partial charge in [-0.25, -0.2) is 4.98 Å². The molecule has 0 radical (unpaired) electrons. The lowest BCUT2D eigenvalue weighted by molar-refractivity contribution is -0.143. The van der Waals surface area contributed by atoms with Crippen LogP contribution >= 0.6 is 11.3 Å². The number of hydrogen-bond donors (Lipinski definition) is 2. The van der Waals surface area contributed by atoms with Gasteiger partial charge in [-0.05, 0) is 60.8 Å². The van der Waals surface area contributed by atoms with Crippen LogP contribution in [0.15, 0.2) is 24.3 Å². The second-order valence-corrected chi connectivity index (χ2v) is 11.9. The number of amides is 2. The highest BCUT2D eigenvalue weighted by Crippen LogP contribution is 2.57. The summed E-state index contributed by atoms with van der Waals surface area (Å²) in [5.41, 5.74) is 1.35. The van der Waals surface area contributed by atoms with Gasteiger partial charge in [-0.2, -0.15) is 5.26 Å². The molecular formula is C28H36N4O4S. The molecule has 2 amide bonds. The topological polar surface area (TPSA) is 116 Å². The molecular weight excluding hydrogens is 488 g/mol. The summed E-state index contributed by atoms with van der Waals surface area (Å²) in [7, 11) is 3.31. The van der Waals surface area contributed by atoms with Crippen LogP contribution in [-0.2, 0) is 11.2 Å². The number of benzene rings is 1. The van der Waals surface area contributed by atoms with Gasteiger partial charge in [0, 0.05) is 35.9 Å². The van der Waals surface area contributed by atoms with Gasteiger partial charge < -0.3 is 14.7 Å². The van der Waals surface area contributed by atoms with Gasteiger partial charge in [-0.3, -0.25) is 14.9 Å². The van der Waals surface area contributed by atoms with Crippen molar-refractivity contribution in [3.8, 4) is 11.8 Å². The van der Waals surface area contributed by atoms with E-state index in [1.807, 2.05) is 6.92 Å². The molecule has 0 bridgehead atoms. The number of nitrogens with zero attached hydrogens (tertiary/aromatic N) is 3. The van der Waals surface area contributed by atoms with Crippen LogP contribution < -0.4 is 10.1 Å². The molecule has 198 valence electrons. The Morgan fingerprint density at radius 2 is 2.08 bits per heavy atom. The number of fused-ring (bicyclic) bond motifs is 2. The van der Waals surface area contributed by atoms with Crippen molar-refractivity contribution >= 4 is 28.3 Å². The first-order valence-corrected chi connectivity index (χ1v) is 13.7. The van der Waals surface area contributed by atoms with Crippen molar-refractivity contribution in [1.82, 2.24) is 9.88 Å². The van der Waals surface area contributed by atoms with E-state index in [1.165, 1.54) is 11.3 Å². The second kappa shape index (κ2) is 10.8. The Morgan fingerprint density at radius 3 is 2.73 bits per heavy atom. The summed E-state index contributed by atoms with van der Waals surface area (Å²) >= 11 is 1.51. The van der Waals surface area contributed by atoms with Crippen LogP contribution in [0.3, 0.4) is 0 Å². The van der Waals surface area contributed by atoms with Gasteiger partial charge >= 0.3 is 0 Å². The van der Waals surface area contributed by atoms with E-state index in [9.17, 15) is 14.7 Å². The van der Waals surface area contributed by atoms with Crippen molar-refractivity contribution in [3.63, 3.8) is 0 Å². The van der Waals surface area contributed by atoms with E-state index in [1.54, 1.807) is 43.3 Å². The van der Waals surface area contributed by atoms with Gasteiger partial charge in [0.25, 0.3) is 5.91 Å². The molecule has 0 saturated heterocycles. The number of aromatic nitrogens is 1. The van der Waals surface area contributed by atoms with Crippen LogP contribution in [0, 0.1) is 34.5 Å². The Kier molecular flexibility index (Phi) is 7.91. The number of nitrogens with one attached hydrogen (secondary N) is 1. The van der Waals surface area contributed by atoms with Gasteiger partial charge in [-0.1, -0.05) is 20.8 Å². The molecule has 8 nitrogen and oxygen atoms in total. The summed E-state index contributed by atoms with van der Waals surface area (Å²) in [5.74, 6) is -0.0767. The highest BCUT2D eigenvalue weighted by Gasteiger charge is 2.54. The first-order valence-electron chi connectivity index (χ1n) is 12.8. The largest absolute Gasteiger partial charge is 0.497 e. The zero-order valence-corrected chi connectivity index (χ0v) is 23.0. The lowest BCUT2D eigenvalue weighted by Gasteiger charge is -2.53. The number of nitriles is 1. The van der Waals surface area contributed by atoms with E-state index in [4.69, 9.17) is 15.0 Å². The smallest absolute Gasteiger partial charge is 0.257 e. The summed E-state index contributed by atoms with van der Waals surface area (Å²) in [5, 5.41) is 24.0. The highest BCUT2D eigenvalue weighted by atomic mass is 32.1. The molecule has 37 heavy (non-hydrogen) atoms. The Bertz CT molecular complexity index is 1190. The molecule has 1 saturated carbocycles. The molecule has 1 unspecified atom stereocenters. The molecule has 0 aliphatic heterocycles. The lowest BCUT2D eigenvalue weighted by Crippen LogP contribution is -2.53. The Balaban J connectivity index is 1.51. The fraction of sp³-hybridized carbons (Fsp3) is 0.571. The van der Waals surface area contributed by atoms with Crippen LogP contribution in [0.5, 0.6) is 5.75 Å². The van der Waals surface area contributed by atoms with Gasteiger partial charge in [0.15, 0.2) is 5.13 Å². The van der Waals surface area contributed by atoms with Crippen LogP contribution in [0.4, 0.5) is 5.13 Å². The third-order valence-electron chi connectivity index (χ3n) is 8.46. The summed E-state index contributed by atoms with van der Waals surface area (Å²) in [6.07, 6.45) is 2.14. The third-order valence-corrected chi connectivity index (χ3v) is 9.45. The molecule has 1 heterocycles. The van der Waals surface area contributed by atoms with E-state index in [2.05, 4.69) is 25.2 Å². The number of carbonyl (C=O) groups is 2. The Morgan fingerprint density at radius 1 is 1.38 bits per heavy atom. The maximum absolute atomic E-state index is 13.0. The number of ether oxygens (including phenoxy) is 1. The molecule has 1 aromatic carbocycles. The number of thiazole rings is 1. The molecule has 2 N–H and O–H groups in total. The van der Waals surface area contributed by atoms with Crippen LogP contribution in [-0.4, -0.2) is 53.6 Å². The average molecular weight is 525 g/mol. The van der Waals surface area contributed by atoms with Crippen molar-refractivity contribution in [3.05, 3.63) is 40.4 Å². The summed E-state index contributed by atoms with van der Waals surface area (Å²) in [4.78, 5) is 33.4. The van der Waals surface area contributed by atoms with Crippen molar-refractivity contribution < 1.29 is 19.4 Å². The molecule has 9 heteroatoms. The van der Waals surface area contributed by atoms with Gasteiger partial charge in [0.1, 0.15) is 5.75 Å².